The molecule has 0 radical (unpaired) electrons. The molecule has 5 N–H and O–H groups in total. The van der Waals surface area contributed by atoms with Crippen molar-refractivity contribution in [3.63, 3.8) is 0 Å². The van der Waals surface area contributed by atoms with E-state index in [1.165, 1.54) is 25.9 Å². The Kier molecular flexibility index (Phi) is 9.62. The number of carbonyl (C=O) groups excluding carboxylic acids is 1. The zero-order valence-corrected chi connectivity index (χ0v) is 25.0. The summed E-state index contributed by atoms with van der Waals surface area (Å²) in [6.07, 6.45) is 8.53. The number of nitrogens with one attached hydrogen (secondary N) is 2. The van der Waals surface area contributed by atoms with Gasteiger partial charge in [-0.2, -0.15) is 0 Å². The van der Waals surface area contributed by atoms with Crippen LogP contribution in [0, 0.1) is 0 Å². The third-order valence-electron chi connectivity index (χ3n) is 9.35. The SMILES string of the molecule is CCc1nc(C(N)=O)c(Nc2cccc(N3CCC(N(C)C4CCN(C)CC4)CC3)c2)nc1N[C@H]1CC[C@H](O)CC1. The number of carbonyl (C=O) groups is 1. The van der Waals surface area contributed by atoms with Crippen molar-refractivity contribution in [2.24, 2.45) is 5.73 Å². The number of rotatable bonds is 9. The minimum absolute atomic E-state index is 0.148. The third kappa shape index (κ3) is 7.28. The molecule has 3 aliphatic rings. The minimum atomic E-state index is -0.603. The molecule has 0 spiro atoms. The highest BCUT2D eigenvalue weighted by molar-refractivity contribution is 5.96. The number of piperidine rings is 2. The molecular weight excluding hydrogens is 516 g/mol. The quantitative estimate of drug-likeness (QED) is 0.362. The van der Waals surface area contributed by atoms with E-state index in [1.54, 1.807) is 0 Å². The fourth-order valence-electron chi connectivity index (χ4n) is 6.65. The molecule has 0 atom stereocenters. The van der Waals surface area contributed by atoms with Gasteiger partial charge in [0.05, 0.1) is 11.8 Å². The van der Waals surface area contributed by atoms with Crippen molar-refractivity contribution in [3.05, 3.63) is 35.7 Å². The second-order valence-electron chi connectivity index (χ2n) is 12.2. The first-order valence-corrected chi connectivity index (χ1v) is 15.5. The lowest BCUT2D eigenvalue weighted by Crippen LogP contribution is -2.50. The van der Waals surface area contributed by atoms with Gasteiger partial charge in [0.2, 0.25) is 0 Å². The number of hydrogen-bond acceptors (Lipinski definition) is 9. The Morgan fingerprint density at radius 1 is 1.00 bits per heavy atom. The molecule has 1 amide bonds. The number of anilines is 4. The van der Waals surface area contributed by atoms with Gasteiger partial charge in [0, 0.05) is 42.6 Å². The van der Waals surface area contributed by atoms with Crippen molar-refractivity contribution >= 4 is 28.9 Å². The van der Waals surface area contributed by atoms with Crippen molar-refractivity contribution < 1.29 is 9.90 Å². The number of aromatic nitrogens is 2. The number of hydrogen-bond donors (Lipinski definition) is 4. The van der Waals surface area contributed by atoms with Crippen LogP contribution in [0.2, 0.25) is 0 Å². The van der Waals surface area contributed by atoms with Crippen LogP contribution in [0.15, 0.2) is 24.3 Å². The standard InChI is InChI=1S/C31H48N8O2/c1-4-27-30(33-21-8-10-26(40)11-9-21)36-31(28(35-27)29(32)41)34-22-6-5-7-25(20-22)39-18-14-24(15-19-39)38(3)23-12-16-37(2)17-13-23/h5-7,20-21,23-24,26,40H,4,8-19H2,1-3H3,(H2,32,41)(H2,33,34,36)/t21-,26-. The number of nitrogens with two attached hydrogens (primary N) is 1. The molecule has 0 unspecified atom stereocenters. The number of aliphatic hydroxyl groups is 1. The van der Waals surface area contributed by atoms with Gasteiger partial charge in [-0.1, -0.05) is 13.0 Å². The minimum Gasteiger partial charge on any atom is -0.393 e. The van der Waals surface area contributed by atoms with Crippen molar-refractivity contribution in [2.45, 2.75) is 88.9 Å². The van der Waals surface area contributed by atoms with E-state index in [1.807, 2.05) is 19.1 Å². The fraction of sp³-hybridized carbons (Fsp3) is 0.645. The summed E-state index contributed by atoms with van der Waals surface area (Å²) in [6.45, 7) is 6.42. The van der Waals surface area contributed by atoms with Crippen LogP contribution in [0.1, 0.15) is 74.5 Å². The largest absolute Gasteiger partial charge is 0.393 e. The summed E-state index contributed by atoms with van der Waals surface area (Å²) in [5, 5.41) is 16.8. The van der Waals surface area contributed by atoms with Crippen LogP contribution < -0.4 is 21.3 Å². The second-order valence-corrected chi connectivity index (χ2v) is 12.2. The highest BCUT2D eigenvalue weighted by Gasteiger charge is 2.29. The summed E-state index contributed by atoms with van der Waals surface area (Å²) in [7, 11) is 4.54. The molecule has 3 fully saturated rings. The van der Waals surface area contributed by atoms with Crippen molar-refractivity contribution in [3.8, 4) is 0 Å². The van der Waals surface area contributed by atoms with Gasteiger partial charge in [-0.05, 0) is 103 Å². The molecule has 2 aromatic rings. The maximum atomic E-state index is 12.4. The molecule has 10 heteroatoms. The molecule has 1 aromatic carbocycles. The van der Waals surface area contributed by atoms with Gasteiger partial charge in [0.25, 0.3) is 5.91 Å². The first-order chi connectivity index (χ1) is 19.8. The Morgan fingerprint density at radius 2 is 1.66 bits per heavy atom. The lowest BCUT2D eigenvalue weighted by Gasteiger charge is -2.43. The Bertz CT molecular complexity index is 1170. The lowest BCUT2D eigenvalue weighted by molar-refractivity contribution is 0.0947. The van der Waals surface area contributed by atoms with Gasteiger partial charge < -0.3 is 36.2 Å². The highest BCUT2D eigenvalue weighted by atomic mass is 16.3. The third-order valence-corrected chi connectivity index (χ3v) is 9.35. The van der Waals surface area contributed by atoms with Crippen LogP contribution in [0.25, 0.3) is 0 Å². The summed E-state index contributed by atoms with van der Waals surface area (Å²) in [4.78, 5) is 29.3. The van der Waals surface area contributed by atoms with E-state index in [-0.39, 0.29) is 17.8 Å². The van der Waals surface area contributed by atoms with E-state index >= 15 is 0 Å². The number of primary amides is 1. The molecule has 1 saturated carbocycles. The zero-order chi connectivity index (χ0) is 28.9. The van der Waals surface area contributed by atoms with Crippen LogP contribution in [0.4, 0.5) is 23.0 Å². The maximum Gasteiger partial charge on any atom is 0.271 e. The average Bonchev–Trinajstić information content (AvgIpc) is 2.98. The van der Waals surface area contributed by atoms with Crippen LogP contribution >= 0.6 is 0 Å². The number of aryl methyl sites for hydroxylation is 1. The first-order valence-electron chi connectivity index (χ1n) is 15.5. The summed E-state index contributed by atoms with van der Waals surface area (Å²) in [5.41, 5.74) is 8.62. The van der Waals surface area contributed by atoms with Gasteiger partial charge in [-0.25, -0.2) is 9.97 Å². The van der Waals surface area contributed by atoms with Crippen LogP contribution in [-0.2, 0) is 6.42 Å². The van der Waals surface area contributed by atoms with E-state index in [2.05, 4.69) is 56.5 Å². The Hall–Kier alpha value is -2.95. The molecule has 2 aliphatic heterocycles. The van der Waals surface area contributed by atoms with Crippen molar-refractivity contribution in [2.75, 3.05) is 55.8 Å². The van der Waals surface area contributed by atoms with E-state index in [0.717, 1.165) is 68.7 Å². The lowest BCUT2D eigenvalue weighted by atomic mass is 9.93. The van der Waals surface area contributed by atoms with Gasteiger partial charge in [-0.3, -0.25) is 4.79 Å². The predicted molar refractivity (Wildman–Crippen MR) is 165 cm³/mol. The molecule has 5 rings (SSSR count). The van der Waals surface area contributed by atoms with Crippen LogP contribution in [-0.4, -0.2) is 95.3 Å². The van der Waals surface area contributed by atoms with Crippen molar-refractivity contribution in [1.82, 2.24) is 19.8 Å². The molecule has 0 bridgehead atoms. The number of likely N-dealkylation sites (tertiary alicyclic amines) is 1. The zero-order valence-electron chi connectivity index (χ0n) is 25.0. The maximum absolute atomic E-state index is 12.4. The summed E-state index contributed by atoms with van der Waals surface area (Å²) in [5.74, 6) is 0.436. The van der Waals surface area contributed by atoms with E-state index in [9.17, 15) is 9.90 Å². The molecule has 10 nitrogen and oxygen atoms in total. The molecule has 2 saturated heterocycles. The van der Waals surface area contributed by atoms with Gasteiger partial charge in [0.15, 0.2) is 11.5 Å². The second kappa shape index (κ2) is 13.4. The monoisotopic (exact) mass is 564 g/mol. The molecule has 41 heavy (non-hydrogen) atoms. The molecule has 3 heterocycles. The van der Waals surface area contributed by atoms with Crippen molar-refractivity contribution in [1.29, 1.82) is 0 Å². The molecule has 1 aliphatic carbocycles. The smallest absolute Gasteiger partial charge is 0.271 e. The Balaban J connectivity index is 1.26. The predicted octanol–water partition coefficient (Wildman–Crippen LogP) is 3.59. The normalized spacial score (nSPS) is 23.1. The van der Waals surface area contributed by atoms with Gasteiger partial charge in [-0.15, -0.1) is 0 Å². The van der Waals surface area contributed by atoms with E-state index < -0.39 is 5.91 Å². The van der Waals surface area contributed by atoms with Gasteiger partial charge in [0.1, 0.15) is 5.82 Å². The first kappa shape index (κ1) is 29.5. The summed E-state index contributed by atoms with van der Waals surface area (Å²) >= 11 is 0. The average molecular weight is 565 g/mol. The van der Waals surface area contributed by atoms with Crippen LogP contribution in [0.3, 0.4) is 0 Å². The number of nitrogens with zero attached hydrogens (tertiary/aromatic N) is 5. The van der Waals surface area contributed by atoms with E-state index in [4.69, 9.17) is 10.7 Å². The fourth-order valence-corrected chi connectivity index (χ4v) is 6.65. The topological polar surface area (TPSA) is 123 Å². The molecule has 224 valence electrons. The highest BCUT2D eigenvalue weighted by Crippen LogP contribution is 2.30. The van der Waals surface area contributed by atoms with Gasteiger partial charge >= 0.3 is 0 Å². The number of aliphatic hydroxyl groups excluding tert-OH is 1. The summed E-state index contributed by atoms with van der Waals surface area (Å²) < 4.78 is 0. The Morgan fingerprint density at radius 3 is 2.29 bits per heavy atom. The van der Waals surface area contributed by atoms with E-state index in [0.29, 0.717) is 30.1 Å². The van der Waals surface area contributed by atoms with Crippen LogP contribution in [0.5, 0.6) is 0 Å². The molecular formula is C31H48N8O2. The molecule has 1 aromatic heterocycles. The summed E-state index contributed by atoms with van der Waals surface area (Å²) in [6, 6.07) is 9.84. The number of amides is 1. The number of benzene rings is 1. The Labute approximate surface area is 244 Å².